The van der Waals surface area contributed by atoms with Gasteiger partial charge in [-0.25, -0.2) is 4.79 Å². The molecule has 0 bridgehead atoms. The molecule has 5 N–H and O–H groups in total. The van der Waals surface area contributed by atoms with Gasteiger partial charge in [-0.3, -0.25) is 9.59 Å². The summed E-state index contributed by atoms with van der Waals surface area (Å²) >= 11 is 0. The van der Waals surface area contributed by atoms with E-state index < -0.39 is 35.5 Å². The first kappa shape index (κ1) is 16.2. The van der Waals surface area contributed by atoms with E-state index >= 15 is 0 Å². The number of rotatable bonds is 5. The smallest absolute Gasteiger partial charge is 0.408 e. The van der Waals surface area contributed by atoms with Crippen molar-refractivity contribution in [2.24, 2.45) is 17.4 Å². The van der Waals surface area contributed by atoms with Crippen LogP contribution in [0.2, 0.25) is 0 Å². The second-order valence-corrected chi connectivity index (χ2v) is 5.14. The third kappa shape index (κ3) is 6.72. The van der Waals surface area contributed by atoms with E-state index in [4.69, 9.17) is 16.2 Å². The van der Waals surface area contributed by atoms with Crippen molar-refractivity contribution in [3.63, 3.8) is 0 Å². The zero-order valence-electron chi connectivity index (χ0n) is 11.1. The molecular formula is C11H21N3O4. The van der Waals surface area contributed by atoms with Crippen LogP contribution in [0.3, 0.4) is 0 Å². The number of ether oxygens (including phenoxy) is 1. The fraction of sp³-hybridized carbons (Fsp3) is 0.727. The van der Waals surface area contributed by atoms with E-state index in [0.29, 0.717) is 0 Å². The molecule has 0 aliphatic carbocycles. The summed E-state index contributed by atoms with van der Waals surface area (Å²) in [6, 6.07) is -0.984. The lowest BCUT2D eigenvalue weighted by atomic mass is 10.0. The maximum Gasteiger partial charge on any atom is 0.408 e. The first-order chi connectivity index (χ1) is 8.03. The van der Waals surface area contributed by atoms with Crippen LogP contribution in [0.1, 0.15) is 34.1 Å². The molecule has 0 saturated carbocycles. The van der Waals surface area contributed by atoms with Crippen molar-refractivity contribution in [3.05, 3.63) is 0 Å². The predicted molar refractivity (Wildman–Crippen MR) is 65.3 cm³/mol. The number of primary amides is 2. The Balaban J connectivity index is 4.50. The summed E-state index contributed by atoms with van der Waals surface area (Å²) in [5.74, 6) is -1.88. The number of hydrogen-bond acceptors (Lipinski definition) is 4. The van der Waals surface area contributed by atoms with Crippen LogP contribution in [0.25, 0.3) is 0 Å². The number of nitrogens with two attached hydrogens (primary N) is 2. The van der Waals surface area contributed by atoms with Gasteiger partial charge in [-0.2, -0.15) is 0 Å². The summed E-state index contributed by atoms with van der Waals surface area (Å²) in [6.45, 7) is 6.63. The van der Waals surface area contributed by atoms with Crippen LogP contribution >= 0.6 is 0 Å². The lowest BCUT2D eigenvalue weighted by Gasteiger charge is -2.23. The van der Waals surface area contributed by atoms with Gasteiger partial charge in [0.1, 0.15) is 11.6 Å². The molecule has 18 heavy (non-hydrogen) atoms. The van der Waals surface area contributed by atoms with Crippen LogP contribution in [0, 0.1) is 5.92 Å². The summed E-state index contributed by atoms with van der Waals surface area (Å²) in [6.07, 6.45) is -0.716. The molecule has 2 atom stereocenters. The van der Waals surface area contributed by atoms with E-state index in [1.807, 2.05) is 0 Å². The number of alkyl carbamates (subject to hydrolysis) is 1. The normalized spacial score (nSPS) is 14.4. The second-order valence-electron chi connectivity index (χ2n) is 5.14. The van der Waals surface area contributed by atoms with Gasteiger partial charge in [0.25, 0.3) is 0 Å². The molecule has 0 aliphatic heterocycles. The fourth-order valence-electron chi connectivity index (χ4n) is 1.17. The number of carbonyl (C=O) groups excluding carboxylic acids is 3. The highest BCUT2D eigenvalue weighted by Crippen LogP contribution is 2.09. The van der Waals surface area contributed by atoms with Gasteiger partial charge in [-0.15, -0.1) is 0 Å². The van der Waals surface area contributed by atoms with Crippen molar-refractivity contribution >= 4 is 17.9 Å². The summed E-state index contributed by atoms with van der Waals surface area (Å²) in [7, 11) is 0. The molecule has 0 unspecified atom stereocenters. The third-order valence-corrected chi connectivity index (χ3v) is 2.11. The standard InChI is InChI=1S/C11H21N3O4/c1-6(8(12)15)5-7(9(13)16)14-10(17)18-11(2,3)4/h6-7H,5H2,1-4H3,(H2,12,15)(H2,13,16)(H,14,17)/t6-,7-/m0/s1. The molecule has 0 aromatic rings. The highest BCUT2D eigenvalue weighted by Gasteiger charge is 2.25. The minimum atomic E-state index is -0.984. The Morgan fingerprint density at radius 1 is 1.17 bits per heavy atom. The van der Waals surface area contributed by atoms with Gasteiger partial charge >= 0.3 is 6.09 Å². The molecule has 0 rings (SSSR count). The van der Waals surface area contributed by atoms with E-state index in [9.17, 15) is 14.4 Å². The van der Waals surface area contributed by atoms with Crippen LogP contribution in [0.5, 0.6) is 0 Å². The van der Waals surface area contributed by atoms with Crippen LogP contribution < -0.4 is 16.8 Å². The van der Waals surface area contributed by atoms with Crippen LogP contribution in [0.4, 0.5) is 4.79 Å². The van der Waals surface area contributed by atoms with Crippen molar-refractivity contribution in [1.29, 1.82) is 0 Å². The molecule has 0 saturated heterocycles. The number of nitrogens with one attached hydrogen (secondary N) is 1. The maximum atomic E-state index is 11.5. The Labute approximate surface area is 106 Å². The van der Waals surface area contributed by atoms with Gasteiger partial charge in [0.2, 0.25) is 11.8 Å². The Hall–Kier alpha value is -1.79. The molecule has 0 aliphatic rings. The van der Waals surface area contributed by atoms with E-state index in [1.54, 1.807) is 27.7 Å². The number of carbonyl (C=O) groups is 3. The van der Waals surface area contributed by atoms with Crippen molar-refractivity contribution in [2.75, 3.05) is 0 Å². The van der Waals surface area contributed by atoms with Crippen molar-refractivity contribution in [2.45, 2.75) is 45.8 Å². The number of hydrogen-bond donors (Lipinski definition) is 3. The van der Waals surface area contributed by atoms with Crippen LogP contribution in [-0.4, -0.2) is 29.6 Å². The monoisotopic (exact) mass is 259 g/mol. The Bertz CT molecular complexity index is 336. The highest BCUT2D eigenvalue weighted by atomic mass is 16.6. The minimum absolute atomic E-state index is 0.0455. The van der Waals surface area contributed by atoms with E-state index in [0.717, 1.165) is 0 Å². The Morgan fingerprint density at radius 2 is 1.67 bits per heavy atom. The SMILES string of the molecule is C[C@@H](C[C@H](NC(=O)OC(C)(C)C)C(N)=O)C(N)=O. The molecule has 0 aromatic carbocycles. The molecule has 7 heteroatoms. The van der Waals surface area contributed by atoms with Crippen LogP contribution in [-0.2, 0) is 14.3 Å². The Morgan fingerprint density at radius 3 is 2.00 bits per heavy atom. The average Bonchev–Trinajstić information content (AvgIpc) is 2.12. The maximum absolute atomic E-state index is 11.5. The van der Waals surface area contributed by atoms with Crippen molar-refractivity contribution in [3.8, 4) is 0 Å². The van der Waals surface area contributed by atoms with Gasteiger partial charge in [0.15, 0.2) is 0 Å². The van der Waals surface area contributed by atoms with Gasteiger partial charge in [0.05, 0.1) is 0 Å². The van der Waals surface area contributed by atoms with Gasteiger partial charge in [-0.05, 0) is 27.2 Å². The summed E-state index contributed by atoms with van der Waals surface area (Å²) in [5.41, 5.74) is 9.54. The molecule has 0 aromatic heterocycles. The molecule has 0 fully saturated rings. The molecule has 7 nitrogen and oxygen atoms in total. The van der Waals surface area contributed by atoms with Gasteiger partial charge < -0.3 is 21.5 Å². The highest BCUT2D eigenvalue weighted by molar-refractivity contribution is 5.85. The first-order valence-electron chi connectivity index (χ1n) is 5.61. The third-order valence-electron chi connectivity index (χ3n) is 2.11. The van der Waals surface area contributed by atoms with E-state index in [-0.39, 0.29) is 6.42 Å². The largest absolute Gasteiger partial charge is 0.444 e. The zero-order valence-corrected chi connectivity index (χ0v) is 11.1. The van der Waals surface area contributed by atoms with E-state index in [2.05, 4.69) is 5.32 Å². The van der Waals surface area contributed by atoms with Crippen molar-refractivity contribution < 1.29 is 19.1 Å². The van der Waals surface area contributed by atoms with Crippen molar-refractivity contribution in [1.82, 2.24) is 5.32 Å². The lowest BCUT2D eigenvalue weighted by Crippen LogP contribution is -2.48. The fourth-order valence-corrected chi connectivity index (χ4v) is 1.17. The Kier molecular flexibility index (Phi) is 5.61. The molecular weight excluding hydrogens is 238 g/mol. The molecule has 104 valence electrons. The molecule has 0 spiro atoms. The summed E-state index contributed by atoms with van der Waals surface area (Å²) in [4.78, 5) is 33.5. The zero-order chi connectivity index (χ0) is 14.5. The average molecular weight is 259 g/mol. The molecule has 0 heterocycles. The lowest BCUT2D eigenvalue weighted by molar-refractivity contribution is -0.123. The predicted octanol–water partition coefficient (Wildman–Crippen LogP) is -0.123. The minimum Gasteiger partial charge on any atom is -0.444 e. The van der Waals surface area contributed by atoms with Gasteiger partial charge in [-0.1, -0.05) is 6.92 Å². The van der Waals surface area contributed by atoms with E-state index in [1.165, 1.54) is 0 Å². The molecule has 0 radical (unpaired) electrons. The first-order valence-corrected chi connectivity index (χ1v) is 5.61. The van der Waals surface area contributed by atoms with Crippen LogP contribution in [0.15, 0.2) is 0 Å². The quantitative estimate of drug-likeness (QED) is 0.636. The summed E-state index contributed by atoms with van der Waals surface area (Å²) < 4.78 is 4.99. The van der Waals surface area contributed by atoms with Gasteiger partial charge in [0, 0.05) is 5.92 Å². The number of amides is 3. The summed E-state index contributed by atoms with van der Waals surface area (Å²) in [5, 5.41) is 2.32. The molecule has 3 amide bonds. The second kappa shape index (κ2) is 6.23. The topological polar surface area (TPSA) is 125 Å².